The summed E-state index contributed by atoms with van der Waals surface area (Å²) in [6.45, 7) is 1.56. The number of nitrogens with one attached hydrogen (secondary N) is 2. The van der Waals surface area contributed by atoms with E-state index in [4.69, 9.17) is 5.21 Å². The summed E-state index contributed by atoms with van der Waals surface area (Å²) in [5, 5.41) is 12.1. The monoisotopic (exact) mass is 419 g/mol. The highest BCUT2D eigenvalue weighted by Gasteiger charge is 2.35. The maximum absolute atomic E-state index is 13.8. The van der Waals surface area contributed by atoms with Gasteiger partial charge in [0.25, 0.3) is 5.91 Å². The van der Waals surface area contributed by atoms with E-state index < -0.39 is 5.91 Å². The lowest BCUT2D eigenvalue weighted by molar-refractivity contribution is -0.125. The van der Waals surface area contributed by atoms with Gasteiger partial charge < -0.3 is 10.2 Å². The van der Waals surface area contributed by atoms with Crippen LogP contribution < -0.4 is 15.7 Å². The van der Waals surface area contributed by atoms with Crippen LogP contribution in [0.1, 0.15) is 49.3 Å². The fraction of sp³-hybridized carbons (Fsp3) is 0.360. The van der Waals surface area contributed by atoms with Crippen molar-refractivity contribution in [2.45, 2.75) is 38.1 Å². The summed E-state index contributed by atoms with van der Waals surface area (Å²) in [6, 6.07) is 15.6. The van der Waals surface area contributed by atoms with Gasteiger partial charge in [0.05, 0.1) is 11.4 Å². The van der Waals surface area contributed by atoms with Crippen LogP contribution in [0.2, 0.25) is 0 Å². The molecule has 6 heteroatoms. The molecule has 1 heterocycles. The van der Waals surface area contributed by atoms with Gasteiger partial charge in [-0.2, -0.15) is 0 Å². The Bertz CT molecular complexity index is 949. The molecule has 1 unspecified atom stereocenters. The molecule has 1 fully saturated rings. The molecule has 0 aromatic heterocycles. The maximum atomic E-state index is 13.8. The number of anilines is 2. The first kappa shape index (κ1) is 21.1. The number of nitrogens with zero attached hydrogens (tertiary/aromatic N) is 1. The molecule has 4 rings (SSSR count). The number of ketones is 1. The molecule has 0 saturated heterocycles. The Morgan fingerprint density at radius 3 is 2.55 bits per heavy atom. The van der Waals surface area contributed by atoms with Crippen molar-refractivity contribution in [2.75, 3.05) is 23.3 Å². The Kier molecular flexibility index (Phi) is 6.67. The molecule has 2 aromatic rings. The third kappa shape index (κ3) is 4.80. The Balaban J connectivity index is 1.67. The van der Waals surface area contributed by atoms with E-state index >= 15 is 0 Å². The minimum absolute atomic E-state index is 0.105. The molecule has 1 saturated carbocycles. The molecule has 1 aliphatic carbocycles. The number of fused-ring (bicyclic) bond motifs is 1. The van der Waals surface area contributed by atoms with Crippen molar-refractivity contribution in [1.29, 1.82) is 0 Å². The molecule has 162 valence electrons. The summed E-state index contributed by atoms with van der Waals surface area (Å²) < 4.78 is 0. The minimum atomic E-state index is -0.577. The predicted molar refractivity (Wildman–Crippen MR) is 122 cm³/mol. The first-order chi connectivity index (χ1) is 15.2. The maximum Gasteiger partial charge on any atom is 0.267 e. The van der Waals surface area contributed by atoms with Gasteiger partial charge in [0, 0.05) is 25.1 Å². The largest absolute Gasteiger partial charge is 0.382 e. The summed E-state index contributed by atoms with van der Waals surface area (Å²) in [7, 11) is 0. The molecule has 3 N–H and O–H groups in total. The van der Waals surface area contributed by atoms with E-state index in [2.05, 4.69) is 22.3 Å². The lowest BCUT2D eigenvalue weighted by Gasteiger charge is -2.39. The van der Waals surface area contributed by atoms with Gasteiger partial charge in [0.1, 0.15) is 6.04 Å². The molecule has 1 aliphatic heterocycles. The topological polar surface area (TPSA) is 81.7 Å². The molecule has 1 amide bonds. The van der Waals surface area contributed by atoms with Crippen molar-refractivity contribution in [3.63, 3.8) is 0 Å². The quantitative estimate of drug-likeness (QED) is 0.369. The van der Waals surface area contributed by atoms with Crippen LogP contribution in [0.4, 0.5) is 11.4 Å². The number of Topliss-reactive ketones (excluding diaryl/α,β-unsaturated/α-hetero) is 1. The van der Waals surface area contributed by atoms with Gasteiger partial charge in [0.15, 0.2) is 5.78 Å². The third-order valence-corrected chi connectivity index (χ3v) is 6.26. The number of carbonyl (C=O) groups excluding carboxylic acids is 2. The minimum Gasteiger partial charge on any atom is -0.382 e. The Morgan fingerprint density at radius 1 is 1.06 bits per heavy atom. The van der Waals surface area contributed by atoms with E-state index in [1.54, 1.807) is 11.6 Å². The average Bonchev–Trinajstić information content (AvgIpc) is 2.84. The fourth-order valence-electron chi connectivity index (χ4n) is 4.68. The van der Waals surface area contributed by atoms with Crippen LogP contribution in [0.25, 0.3) is 6.08 Å². The van der Waals surface area contributed by atoms with Gasteiger partial charge in [-0.05, 0) is 42.2 Å². The summed E-state index contributed by atoms with van der Waals surface area (Å²) in [6.07, 6.45) is 8.31. The van der Waals surface area contributed by atoms with Gasteiger partial charge in [0.2, 0.25) is 0 Å². The van der Waals surface area contributed by atoms with Crippen molar-refractivity contribution in [3.8, 4) is 0 Å². The van der Waals surface area contributed by atoms with E-state index in [0.717, 1.165) is 61.3 Å². The molecule has 2 aliphatic rings. The number of amides is 1. The van der Waals surface area contributed by atoms with Crippen molar-refractivity contribution >= 4 is 29.1 Å². The van der Waals surface area contributed by atoms with Crippen LogP contribution in [0.5, 0.6) is 0 Å². The van der Waals surface area contributed by atoms with E-state index in [0.29, 0.717) is 5.78 Å². The summed E-state index contributed by atoms with van der Waals surface area (Å²) in [5.41, 5.74) is 5.51. The van der Waals surface area contributed by atoms with Crippen LogP contribution in [-0.2, 0) is 9.59 Å². The Morgan fingerprint density at radius 2 is 1.81 bits per heavy atom. The second-order valence-electron chi connectivity index (χ2n) is 8.25. The van der Waals surface area contributed by atoms with Crippen molar-refractivity contribution in [1.82, 2.24) is 5.48 Å². The number of hydrogen-bond donors (Lipinski definition) is 3. The first-order valence-electron chi connectivity index (χ1n) is 11.0. The number of para-hydroxylation sites is 2. The van der Waals surface area contributed by atoms with Crippen molar-refractivity contribution in [3.05, 3.63) is 65.7 Å². The Hall–Kier alpha value is -3.12. The lowest BCUT2D eigenvalue weighted by Crippen LogP contribution is -2.42. The van der Waals surface area contributed by atoms with Gasteiger partial charge in [-0.15, -0.1) is 0 Å². The van der Waals surface area contributed by atoms with Crippen LogP contribution >= 0.6 is 0 Å². The second kappa shape index (κ2) is 9.79. The zero-order valence-electron chi connectivity index (χ0n) is 17.6. The molecule has 6 nitrogen and oxygen atoms in total. The zero-order chi connectivity index (χ0) is 21.6. The smallest absolute Gasteiger partial charge is 0.267 e. The number of hydroxylamine groups is 1. The summed E-state index contributed by atoms with van der Waals surface area (Å²) >= 11 is 0. The van der Waals surface area contributed by atoms with Crippen LogP contribution in [-0.4, -0.2) is 30.0 Å². The van der Waals surface area contributed by atoms with E-state index in [1.807, 2.05) is 36.4 Å². The van der Waals surface area contributed by atoms with Crippen molar-refractivity contribution in [2.24, 2.45) is 5.92 Å². The predicted octanol–water partition coefficient (Wildman–Crippen LogP) is 4.33. The number of benzene rings is 2. The normalized spacial score (nSPS) is 17.6. The van der Waals surface area contributed by atoms with E-state index in [9.17, 15) is 9.59 Å². The van der Waals surface area contributed by atoms with E-state index in [-0.39, 0.29) is 12.0 Å². The number of carbonyl (C=O) groups is 2. The summed E-state index contributed by atoms with van der Waals surface area (Å²) in [4.78, 5) is 27.3. The van der Waals surface area contributed by atoms with Crippen LogP contribution in [0.15, 0.2) is 54.6 Å². The Labute approximate surface area is 182 Å². The first-order valence-corrected chi connectivity index (χ1v) is 11.0. The highest BCUT2D eigenvalue weighted by atomic mass is 16.5. The molecule has 2 aromatic carbocycles. The van der Waals surface area contributed by atoms with Gasteiger partial charge >= 0.3 is 0 Å². The molecule has 0 bridgehead atoms. The summed E-state index contributed by atoms with van der Waals surface area (Å²) in [5.74, 6) is -0.167. The SMILES string of the molecule is O=C(C=Cc1ccc(C(C(=O)C2CCCCC2)N2CCNc3ccccc32)cc1)NO. The lowest BCUT2D eigenvalue weighted by atomic mass is 9.81. The van der Waals surface area contributed by atoms with Gasteiger partial charge in [-0.1, -0.05) is 55.7 Å². The molecular formula is C25H29N3O3. The highest BCUT2D eigenvalue weighted by Crippen LogP contribution is 2.39. The fourth-order valence-corrected chi connectivity index (χ4v) is 4.68. The average molecular weight is 420 g/mol. The van der Waals surface area contributed by atoms with Crippen LogP contribution in [0.3, 0.4) is 0 Å². The molecule has 0 radical (unpaired) electrons. The molecule has 31 heavy (non-hydrogen) atoms. The van der Waals surface area contributed by atoms with Gasteiger partial charge in [-0.25, -0.2) is 5.48 Å². The molecule has 0 spiro atoms. The van der Waals surface area contributed by atoms with Crippen LogP contribution in [0, 0.1) is 5.92 Å². The molecule has 1 atom stereocenters. The number of hydrogen-bond acceptors (Lipinski definition) is 5. The third-order valence-electron chi connectivity index (χ3n) is 6.26. The van der Waals surface area contributed by atoms with Gasteiger partial charge in [-0.3, -0.25) is 14.8 Å². The highest BCUT2D eigenvalue weighted by molar-refractivity contribution is 5.93. The number of rotatable bonds is 6. The van der Waals surface area contributed by atoms with E-state index in [1.165, 1.54) is 12.5 Å². The standard InChI is InChI=1S/C25H29N3O3/c29-23(27-31)15-12-18-10-13-19(14-11-18)24(25(30)20-6-2-1-3-7-20)28-17-16-26-21-8-4-5-9-22(21)28/h4-5,8-15,20,24,26,31H,1-3,6-7,16-17H2,(H,27,29). The molecular weight excluding hydrogens is 390 g/mol. The van der Waals surface area contributed by atoms with Crippen molar-refractivity contribution < 1.29 is 14.8 Å². The second-order valence-corrected chi connectivity index (χ2v) is 8.25. The zero-order valence-corrected chi connectivity index (χ0v) is 17.6.